The summed E-state index contributed by atoms with van der Waals surface area (Å²) in [5, 5.41) is 3.34. The summed E-state index contributed by atoms with van der Waals surface area (Å²) >= 11 is 0. The van der Waals surface area contributed by atoms with Crippen molar-refractivity contribution in [3.05, 3.63) is 0 Å². The smallest absolute Gasteiger partial charge is 0.233 e. The molecule has 0 aromatic heterocycles. The normalized spacial score (nSPS) is 35.9. The minimum atomic E-state index is -0.0152. The highest BCUT2D eigenvalue weighted by Gasteiger charge is 2.52. The third kappa shape index (κ3) is 2.28. The van der Waals surface area contributed by atoms with E-state index in [1.54, 1.807) is 4.90 Å². The molecule has 1 N–H and O–H groups in total. The molecule has 4 heteroatoms. The van der Waals surface area contributed by atoms with Gasteiger partial charge in [0.1, 0.15) is 0 Å². The molecule has 2 amide bonds. The van der Waals surface area contributed by atoms with Crippen LogP contribution in [0.4, 0.5) is 0 Å². The molecule has 112 valence electrons. The van der Waals surface area contributed by atoms with Crippen molar-refractivity contribution in [2.45, 2.75) is 51.5 Å². The monoisotopic (exact) mass is 278 g/mol. The van der Waals surface area contributed by atoms with Gasteiger partial charge in [-0.25, -0.2) is 0 Å². The number of likely N-dealkylation sites (tertiary alicyclic amines) is 1. The highest BCUT2D eigenvalue weighted by Crippen LogP contribution is 2.43. The number of imide groups is 1. The third-order valence-corrected chi connectivity index (χ3v) is 5.68. The lowest BCUT2D eigenvalue weighted by Gasteiger charge is -2.27. The summed E-state index contributed by atoms with van der Waals surface area (Å²) in [6.07, 6.45) is 6.83. The highest BCUT2D eigenvalue weighted by atomic mass is 16.2. The lowest BCUT2D eigenvalue weighted by molar-refractivity contribution is -0.141. The minimum absolute atomic E-state index is 0.0152. The van der Waals surface area contributed by atoms with Crippen LogP contribution in [0.2, 0.25) is 0 Å². The van der Waals surface area contributed by atoms with Gasteiger partial charge in [0, 0.05) is 12.6 Å². The zero-order valence-corrected chi connectivity index (χ0v) is 12.6. The van der Waals surface area contributed by atoms with Crippen LogP contribution in [0.25, 0.3) is 0 Å². The van der Waals surface area contributed by atoms with Crippen LogP contribution >= 0.6 is 0 Å². The Morgan fingerprint density at radius 1 is 1.15 bits per heavy atom. The number of nitrogens with one attached hydrogen (secondary N) is 1. The van der Waals surface area contributed by atoms with Gasteiger partial charge in [0.2, 0.25) is 11.8 Å². The van der Waals surface area contributed by atoms with Gasteiger partial charge in [-0.1, -0.05) is 19.8 Å². The topological polar surface area (TPSA) is 49.4 Å². The first-order valence-electron chi connectivity index (χ1n) is 8.14. The van der Waals surface area contributed by atoms with Crippen LogP contribution in [-0.2, 0) is 9.59 Å². The Morgan fingerprint density at radius 2 is 1.70 bits per heavy atom. The maximum atomic E-state index is 12.5. The first-order chi connectivity index (χ1) is 9.61. The predicted octanol–water partition coefficient (Wildman–Crippen LogP) is 1.80. The van der Waals surface area contributed by atoms with Crippen LogP contribution in [0.15, 0.2) is 0 Å². The second kappa shape index (κ2) is 5.47. The van der Waals surface area contributed by atoms with E-state index >= 15 is 0 Å². The van der Waals surface area contributed by atoms with Crippen LogP contribution in [0.5, 0.6) is 0 Å². The molecule has 4 nitrogen and oxygen atoms in total. The van der Waals surface area contributed by atoms with Gasteiger partial charge in [-0.2, -0.15) is 0 Å². The summed E-state index contributed by atoms with van der Waals surface area (Å²) in [5.41, 5.74) is 0. The Morgan fingerprint density at radius 3 is 2.20 bits per heavy atom. The Balaban J connectivity index is 1.68. The number of nitrogens with zero attached hydrogens (tertiary/aromatic N) is 1. The Bertz CT molecular complexity index is 379. The van der Waals surface area contributed by atoms with Gasteiger partial charge in [-0.3, -0.25) is 14.5 Å². The standard InChI is InChI=1S/C16H26N2O2/c1-10-7-12-13(8-10)16(20)18(15(12)19)9-14(17-2)11-5-3-4-6-11/h10-14,17H,3-9H2,1-2H3. The second-order valence-electron chi connectivity index (χ2n) is 7.02. The van der Waals surface area contributed by atoms with E-state index in [2.05, 4.69) is 12.2 Å². The molecule has 3 atom stereocenters. The number of hydrogen-bond acceptors (Lipinski definition) is 3. The van der Waals surface area contributed by atoms with Crippen molar-refractivity contribution in [2.75, 3.05) is 13.6 Å². The first-order valence-corrected chi connectivity index (χ1v) is 8.14. The van der Waals surface area contributed by atoms with Gasteiger partial charge in [-0.15, -0.1) is 0 Å². The van der Waals surface area contributed by atoms with Gasteiger partial charge >= 0.3 is 0 Å². The highest BCUT2D eigenvalue weighted by molar-refractivity contribution is 6.05. The first kappa shape index (κ1) is 14.1. The van der Waals surface area contributed by atoms with Gasteiger partial charge in [0.15, 0.2) is 0 Å². The van der Waals surface area contributed by atoms with E-state index in [-0.39, 0.29) is 29.7 Å². The van der Waals surface area contributed by atoms with Crippen molar-refractivity contribution in [1.29, 1.82) is 0 Å². The van der Waals surface area contributed by atoms with Crippen LogP contribution < -0.4 is 5.32 Å². The molecule has 3 rings (SSSR count). The molecule has 3 unspecified atom stereocenters. The fourth-order valence-corrected chi connectivity index (χ4v) is 4.56. The lowest BCUT2D eigenvalue weighted by atomic mass is 9.97. The molecular formula is C16H26N2O2. The van der Waals surface area contributed by atoms with E-state index in [1.165, 1.54) is 25.7 Å². The summed E-state index contributed by atoms with van der Waals surface area (Å²) in [6.45, 7) is 2.73. The minimum Gasteiger partial charge on any atom is -0.315 e. The third-order valence-electron chi connectivity index (χ3n) is 5.68. The van der Waals surface area contributed by atoms with E-state index in [1.807, 2.05) is 7.05 Å². The molecule has 0 spiro atoms. The van der Waals surface area contributed by atoms with Crippen molar-refractivity contribution in [1.82, 2.24) is 10.2 Å². The number of carbonyl (C=O) groups excluding carboxylic acids is 2. The Labute approximate surface area is 121 Å². The average molecular weight is 278 g/mol. The number of rotatable bonds is 4. The van der Waals surface area contributed by atoms with Crippen LogP contribution in [0.3, 0.4) is 0 Å². The van der Waals surface area contributed by atoms with E-state index < -0.39 is 0 Å². The summed E-state index contributed by atoms with van der Waals surface area (Å²) < 4.78 is 0. The van der Waals surface area contributed by atoms with Crippen molar-refractivity contribution in [2.24, 2.45) is 23.7 Å². The molecule has 1 saturated heterocycles. The molecule has 2 aliphatic carbocycles. The zero-order chi connectivity index (χ0) is 14.3. The predicted molar refractivity (Wildman–Crippen MR) is 76.9 cm³/mol. The largest absolute Gasteiger partial charge is 0.315 e. The summed E-state index contributed by atoms with van der Waals surface area (Å²) in [7, 11) is 1.96. The van der Waals surface area contributed by atoms with Gasteiger partial charge in [0.05, 0.1) is 11.8 Å². The Kier molecular flexibility index (Phi) is 3.85. The molecule has 2 saturated carbocycles. The van der Waals surface area contributed by atoms with Crippen molar-refractivity contribution in [3.63, 3.8) is 0 Å². The second-order valence-corrected chi connectivity index (χ2v) is 7.02. The number of fused-ring (bicyclic) bond motifs is 1. The summed E-state index contributed by atoms with van der Waals surface area (Å²) in [6, 6.07) is 0.279. The Hall–Kier alpha value is -0.900. The SMILES string of the molecule is CNC(CN1C(=O)C2CC(C)CC2C1=O)C1CCCC1. The number of amides is 2. The maximum Gasteiger partial charge on any atom is 0.233 e. The molecular weight excluding hydrogens is 252 g/mol. The van der Waals surface area contributed by atoms with Crippen LogP contribution in [-0.4, -0.2) is 36.3 Å². The van der Waals surface area contributed by atoms with E-state index in [4.69, 9.17) is 0 Å². The maximum absolute atomic E-state index is 12.5. The fraction of sp³-hybridized carbons (Fsp3) is 0.875. The summed E-state index contributed by atoms with van der Waals surface area (Å²) in [5.74, 6) is 1.32. The number of likely N-dealkylation sites (N-methyl/N-ethyl adjacent to an activating group) is 1. The van der Waals surface area contributed by atoms with E-state index in [0.29, 0.717) is 18.4 Å². The van der Waals surface area contributed by atoms with Crippen molar-refractivity contribution in [3.8, 4) is 0 Å². The fourth-order valence-electron chi connectivity index (χ4n) is 4.56. The van der Waals surface area contributed by atoms with Crippen molar-refractivity contribution >= 4 is 11.8 Å². The molecule has 3 fully saturated rings. The molecule has 1 heterocycles. The van der Waals surface area contributed by atoms with Crippen molar-refractivity contribution < 1.29 is 9.59 Å². The quantitative estimate of drug-likeness (QED) is 0.798. The van der Waals surface area contributed by atoms with Crippen LogP contribution in [0, 0.1) is 23.7 Å². The molecule has 3 aliphatic rings. The molecule has 20 heavy (non-hydrogen) atoms. The molecule has 0 bridgehead atoms. The average Bonchev–Trinajstić information content (AvgIpc) is 3.11. The van der Waals surface area contributed by atoms with Gasteiger partial charge in [-0.05, 0) is 44.6 Å². The van der Waals surface area contributed by atoms with Gasteiger partial charge in [0.25, 0.3) is 0 Å². The van der Waals surface area contributed by atoms with E-state index in [9.17, 15) is 9.59 Å². The molecule has 0 aromatic carbocycles. The lowest BCUT2D eigenvalue weighted by Crippen LogP contribution is -2.46. The van der Waals surface area contributed by atoms with Crippen LogP contribution in [0.1, 0.15) is 45.4 Å². The number of carbonyl (C=O) groups is 2. The van der Waals surface area contributed by atoms with Gasteiger partial charge < -0.3 is 5.32 Å². The summed E-state index contributed by atoms with van der Waals surface area (Å²) in [4.78, 5) is 26.5. The molecule has 1 aliphatic heterocycles. The number of hydrogen-bond donors (Lipinski definition) is 1. The van der Waals surface area contributed by atoms with E-state index in [0.717, 1.165) is 12.8 Å². The zero-order valence-electron chi connectivity index (χ0n) is 12.6. The molecule has 0 aromatic rings. The molecule has 0 radical (unpaired) electrons.